The zero-order chi connectivity index (χ0) is 14.7. The van der Waals surface area contributed by atoms with Crippen LogP contribution in [-0.4, -0.2) is 5.91 Å². The molecule has 0 aliphatic heterocycles. The third-order valence-electron chi connectivity index (χ3n) is 3.81. The Morgan fingerprint density at radius 2 is 2.05 bits per heavy atom. The van der Waals surface area contributed by atoms with Crippen LogP contribution in [0.15, 0.2) is 40.8 Å². The molecule has 0 atom stereocenters. The molecule has 3 rings (SSSR count). The molecule has 0 saturated heterocycles. The summed E-state index contributed by atoms with van der Waals surface area (Å²) in [6.07, 6.45) is 7.80. The van der Waals surface area contributed by atoms with Crippen LogP contribution in [0.5, 0.6) is 0 Å². The maximum absolute atomic E-state index is 12.0. The number of carbonyl (C=O) groups excluding carboxylic acids is 1. The van der Waals surface area contributed by atoms with Gasteiger partial charge >= 0.3 is 0 Å². The third-order valence-corrected chi connectivity index (χ3v) is 3.81. The van der Waals surface area contributed by atoms with E-state index >= 15 is 0 Å². The van der Waals surface area contributed by atoms with Crippen LogP contribution in [0.1, 0.15) is 35.5 Å². The number of nitrogens with one attached hydrogen (secondary N) is 1. The first-order chi connectivity index (χ1) is 10.2. The van der Waals surface area contributed by atoms with Crippen molar-refractivity contribution in [2.45, 2.75) is 32.6 Å². The van der Waals surface area contributed by atoms with E-state index in [1.807, 2.05) is 31.2 Å². The van der Waals surface area contributed by atoms with Gasteiger partial charge in [0.25, 0.3) is 0 Å². The minimum Gasteiger partial charge on any atom is -0.462 e. The molecule has 3 heteroatoms. The summed E-state index contributed by atoms with van der Waals surface area (Å²) in [5.74, 6) is 1.41. The van der Waals surface area contributed by atoms with Gasteiger partial charge in [-0.05, 0) is 68.0 Å². The fourth-order valence-electron chi connectivity index (χ4n) is 2.77. The second kappa shape index (κ2) is 6.00. The fraction of sp³-hybridized carbons (Fsp3) is 0.278. The first kappa shape index (κ1) is 13.7. The van der Waals surface area contributed by atoms with E-state index in [0.717, 1.165) is 24.3 Å². The number of rotatable bonds is 3. The van der Waals surface area contributed by atoms with E-state index in [9.17, 15) is 4.79 Å². The van der Waals surface area contributed by atoms with Gasteiger partial charge in [-0.1, -0.05) is 12.1 Å². The molecule has 1 aromatic carbocycles. The molecule has 1 N–H and O–H groups in total. The first-order valence-electron chi connectivity index (χ1n) is 7.38. The van der Waals surface area contributed by atoms with E-state index in [-0.39, 0.29) is 5.91 Å². The Labute approximate surface area is 124 Å². The average Bonchev–Trinajstić information content (AvgIpc) is 2.91. The summed E-state index contributed by atoms with van der Waals surface area (Å²) in [6, 6.07) is 9.88. The zero-order valence-corrected chi connectivity index (χ0v) is 12.2. The number of carbonyl (C=O) groups is 1. The third kappa shape index (κ3) is 3.24. The summed E-state index contributed by atoms with van der Waals surface area (Å²) in [6.45, 7) is 1.88. The summed E-state index contributed by atoms with van der Waals surface area (Å²) in [4.78, 5) is 12.0. The summed E-state index contributed by atoms with van der Waals surface area (Å²) in [5, 5.41) is 2.98. The first-order valence-corrected chi connectivity index (χ1v) is 7.38. The smallest absolute Gasteiger partial charge is 0.248 e. The van der Waals surface area contributed by atoms with Crippen molar-refractivity contribution in [3.05, 3.63) is 59.1 Å². The molecule has 1 heterocycles. The molecule has 2 aromatic rings. The van der Waals surface area contributed by atoms with Gasteiger partial charge < -0.3 is 9.73 Å². The predicted octanol–water partition coefficient (Wildman–Crippen LogP) is 4.12. The number of anilines is 1. The Morgan fingerprint density at radius 3 is 2.86 bits per heavy atom. The largest absolute Gasteiger partial charge is 0.462 e. The second-order valence-electron chi connectivity index (χ2n) is 5.42. The van der Waals surface area contributed by atoms with Crippen molar-refractivity contribution in [2.75, 3.05) is 5.32 Å². The molecular weight excluding hydrogens is 262 g/mol. The Hall–Kier alpha value is -2.29. The van der Waals surface area contributed by atoms with E-state index in [4.69, 9.17) is 4.42 Å². The van der Waals surface area contributed by atoms with E-state index in [1.54, 1.807) is 6.08 Å². The van der Waals surface area contributed by atoms with Crippen LogP contribution in [-0.2, 0) is 17.6 Å². The molecule has 0 radical (unpaired) electrons. The van der Waals surface area contributed by atoms with Gasteiger partial charge in [-0.3, -0.25) is 4.79 Å². The normalized spacial score (nSPS) is 14.1. The van der Waals surface area contributed by atoms with Crippen LogP contribution >= 0.6 is 0 Å². The monoisotopic (exact) mass is 281 g/mol. The van der Waals surface area contributed by atoms with Crippen molar-refractivity contribution in [3.8, 4) is 0 Å². The van der Waals surface area contributed by atoms with Crippen LogP contribution in [0, 0.1) is 6.92 Å². The minimum atomic E-state index is -0.122. The number of hydrogen-bond donors (Lipinski definition) is 1. The highest BCUT2D eigenvalue weighted by molar-refractivity contribution is 6.02. The van der Waals surface area contributed by atoms with Gasteiger partial charge in [0.2, 0.25) is 5.91 Å². The van der Waals surface area contributed by atoms with Crippen molar-refractivity contribution in [1.82, 2.24) is 0 Å². The highest BCUT2D eigenvalue weighted by Crippen LogP contribution is 2.27. The van der Waals surface area contributed by atoms with Crippen LogP contribution < -0.4 is 5.32 Å². The van der Waals surface area contributed by atoms with E-state index in [1.165, 1.54) is 30.0 Å². The Kier molecular flexibility index (Phi) is 3.91. The number of aryl methyl sites for hydroxylation is 2. The molecule has 1 aromatic heterocycles. The van der Waals surface area contributed by atoms with Gasteiger partial charge in [0, 0.05) is 11.8 Å². The second-order valence-corrected chi connectivity index (χ2v) is 5.42. The lowest BCUT2D eigenvalue weighted by Gasteiger charge is -2.19. The number of furan rings is 1. The summed E-state index contributed by atoms with van der Waals surface area (Å²) in [7, 11) is 0. The molecule has 0 unspecified atom stereocenters. The van der Waals surface area contributed by atoms with Crippen molar-refractivity contribution in [2.24, 2.45) is 0 Å². The lowest BCUT2D eigenvalue weighted by atomic mass is 9.90. The van der Waals surface area contributed by atoms with Gasteiger partial charge in [0.05, 0.1) is 0 Å². The summed E-state index contributed by atoms with van der Waals surface area (Å²) in [5.41, 5.74) is 3.60. The molecule has 0 spiro atoms. The molecule has 0 bridgehead atoms. The molecule has 1 aliphatic rings. The van der Waals surface area contributed by atoms with E-state index in [0.29, 0.717) is 5.76 Å². The number of amides is 1. The molecule has 0 saturated carbocycles. The van der Waals surface area contributed by atoms with Crippen LogP contribution in [0.25, 0.3) is 6.08 Å². The predicted molar refractivity (Wildman–Crippen MR) is 84.2 cm³/mol. The van der Waals surface area contributed by atoms with Crippen LogP contribution in [0.3, 0.4) is 0 Å². The Balaban J connectivity index is 1.72. The molecule has 108 valence electrons. The summed E-state index contributed by atoms with van der Waals surface area (Å²) < 4.78 is 5.41. The van der Waals surface area contributed by atoms with Crippen molar-refractivity contribution < 1.29 is 9.21 Å². The van der Waals surface area contributed by atoms with Crippen LogP contribution in [0.2, 0.25) is 0 Å². The van der Waals surface area contributed by atoms with Gasteiger partial charge in [-0.15, -0.1) is 0 Å². The molecular formula is C18H19NO2. The standard InChI is InChI=1S/C18H19NO2/c1-13-9-10-15(21-13)11-12-18(20)19-17-8-4-6-14-5-2-3-7-16(14)17/h4,6,8-12H,2-3,5,7H2,1H3,(H,19,20)/b12-11+. The average molecular weight is 281 g/mol. The maximum Gasteiger partial charge on any atom is 0.248 e. The highest BCUT2D eigenvalue weighted by atomic mass is 16.3. The Morgan fingerprint density at radius 1 is 1.19 bits per heavy atom. The van der Waals surface area contributed by atoms with E-state index < -0.39 is 0 Å². The minimum absolute atomic E-state index is 0.122. The number of benzene rings is 1. The molecule has 21 heavy (non-hydrogen) atoms. The molecule has 3 nitrogen and oxygen atoms in total. The lowest BCUT2D eigenvalue weighted by Crippen LogP contribution is -2.12. The Bertz CT molecular complexity index is 682. The topological polar surface area (TPSA) is 42.2 Å². The quantitative estimate of drug-likeness (QED) is 0.860. The SMILES string of the molecule is Cc1ccc(/C=C/C(=O)Nc2cccc3c2CCCC3)o1. The van der Waals surface area contributed by atoms with Gasteiger partial charge in [0.15, 0.2) is 0 Å². The summed E-state index contributed by atoms with van der Waals surface area (Å²) >= 11 is 0. The van der Waals surface area contributed by atoms with Crippen LogP contribution in [0.4, 0.5) is 5.69 Å². The van der Waals surface area contributed by atoms with Crippen molar-refractivity contribution in [1.29, 1.82) is 0 Å². The van der Waals surface area contributed by atoms with Crippen molar-refractivity contribution in [3.63, 3.8) is 0 Å². The zero-order valence-electron chi connectivity index (χ0n) is 12.2. The maximum atomic E-state index is 12.0. The van der Waals surface area contributed by atoms with Gasteiger partial charge in [0.1, 0.15) is 11.5 Å². The number of hydrogen-bond acceptors (Lipinski definition) is 2. The lowest BCUT2D eigenvalue weighted by molar-refractivity contribution is -0.111. The fourth-order valence-corrected chi connectivity index (χ4v) is 2.77. The van der Waals surface area contributed by atoms with E-state index in [2.05, 4.69) is 11.4 Å². The highest BCUT2D eigenvalue weighted by Gasteiger charge is 2.13. The molecule has 1 aliphatic carbocycles. The number of fused-ring (bicyclic) bond motifs is 1. The van der Waals surface area contributed by atoms with Gasteiger partial charge in [-0.25, -0.2) is 0 Å². The van der Waals surface area contributed by atoms with Crippen molar-refractivity contribution >= 4 is 17.7 Å². The molecule has 0 fully saturated rings. The van der Waals surface area contributed by atoms with Gasteiger partial charge in [-0.2, -0.15) is 0 Å². The molecule has 1 amide bonds.